The number of aromatic nitrogens is 2. The molecular weight excluding hydrogens is 298 g/mol. The van der Waals surface area contributed by atoms with Crippen LogP contribution in [0.2, 0.25) is 0 Å². The Morgan fingerprint density at radius 2 is 1.73 bits per heavy atom. The first-order valence-electron chi connectivity index (χ1n) is 7.15. The maximum atomic E-state index is 5.68. The van der Waals surface area contributed by atoms with Crippen LogP contribution in [0.25, 0.3) is 0 Å². The van der Waals surface area contributed by atoms with Gasteiger partial charge in [-0.25, -0.2) is 9.97 Å². The van der Waals surface area contributed by atoms with Crippen LogP contribution in [-0.4, -0.2) is 54.5 Å². The van der Waals surface area contributed by atoms with E-state index in [-0.39, 0.29) is 0 Å². The van der Waals surface area contributed by atoms with Gasteiger partial charge in [-0.1, -0.05) is 30.0 Å². The average Bonchev–Trinajstić information content (AvgIpc) is 2.53. The Hall–Kier alpha value is -1.79. The van der Waals surface area contributed by atoms with E-state index >= 15 is 0 Å². The maximum Gasteiger partial charge on any atom is 0.246 e. The number of rotatable bonds is 9. The van der Waals surface area contributed by atoms with Crippen LogP contribution in [0.4, 0.5) is 0 Å². The summed E-state index contributed by atoms with van der Waals surface area (Å²) in [7, 11) is 4.10. The van der Waals surface area contributed by atoms with Gasteiger partial charge in [-0.3, -0.25) is 0 Å². The van der Waals surface area contributed by atoms with Gasteiger partial charge in [0.2, 0.25) is 5.88 Å². The smallest absolute Gasteiger partial charge is 0.246 e. The van der Waals surface area contributed by atoms with E-state index in [0.717, 1.165) is 23.1 Å². The summed E-state index contributed by atoms with van der Waals surface area (Å²) >= 11 is 1.65. The van der Waals surface area contributed by atoms with Gasteiger partial charge in [0, 0.05) is 24.7 Å². The molecule has 1 aromatic carbocycles. The number of thioether (sulfide) groups is 1. The lowest BCUT2D eigenvalue weighted by atomic mass is 10.3. The summed E-state index contributed by atoms with van der Waals surface area (Å²) in [6.45, 7) is 1.90. The van der Waals surface area contributed by atoms with Gasteiger partial charge in [0.1, 0.15) is 19.0 Å². The molecule has 1 aromatic heterocycles. The first kappa shape index (κ1) is 16.6. The van der Waals surface area contributed by atoms with Gasteiger partial charge in [0.05, 0.1) is 0 Å². The Morgan fingerprint density at radius 3 is 2.50 bits per heavy atom. The molecule has 118 valence electrons. The van der Waals surface area contributed by atoms with E-state index in [9.17, 15) is 0 Å². The fourth-order valence-electron chi connectivity index (χ4n) is 1.65. The van der Waals surface area contributed by atoms with Gasteiger partial charge in [0.25, 0.3) is 0 Å². The number of hydrogen-bond donors (Lipinski definition) is 0. The zero-order valence-electron chi connectivity index (χ0n) is 12.9. The Morgan fingerprint density at radius 1 is 1.00 bits per heavy atom. The minimum absolute atomic E-state index is 0.439. The predicted octanol–water partition coefficient (Wildman–Crippen LogP) is 2.59. The molecule has 0 bridgehead atoms. The summed E-state index contributed by atoms with van der Waals surface area (Å²) in [5.74, 6) is 2.36. The second kappa shape index (κ2) is 9.27. The molecular formula is C16H21N3O2S. The molecule has 0 atom stereocenters. The van der Waals surface area contributed by atoms with Crippen LogP contribution in [0.3, 0.4) is 0 Å². The van der Waals surface area contributed by atoms with Crippen molar-refractivity contribution in [1.29, 1.82) is 0 Å². The molecule has 0 saturated heterocycles. The molecule has 0 aliphatic heterocycles. The lowest BCUT2D eigenvalue weighted by Crippen LogP contribution is -2.15. The third-order valence-corrected chi connectivity index (χ3v) is 3.68. The first-order valence-corrected chi connectivity index (χ1v) is 8.13. The monoisotopic (exact) mass is 319 g/mol. The second-order valence-corrected chi connectivity index (χ2v) is 5.91. The molecule has 0 fully saturated rings. The number of ether oxygens (including phenoxy) is 2. The third-order valence-electron chi connectivity index (χ3n) is 2.74. The molecule has 5 nitrogen and oxygen atoms in total. The van der Waals surface area contributed by atoms with Crippen LogP contribution >= 0.6 is 11.8 Å². The highest BCUT2D eigenvalue weighted by atomic mass is 32.2. The lowest BCUT2D eigenvalue weighted by molar-refractivity contribution is 0.207. The number of nitrogens with zero attached hydrogens (tertiary/aromatic N) is 3. The summed E-state index contributed by atoms with van der Waals surface area (Å²) in [6, 6.07) is 9.69. The fourth-order valence-corrected chi connectivity index (χ4v) is 2.67. The normalized spacial score (nSPS) is 10.7. The summed E-state index contributed by atoms with van der Waals surface area (Å²) in [5.41, 5.74) is 0. The number of para-hydroxylation sites is 1. The molecule has 0 spiro atoms. The van der Waals surface area contributed by atoms with Crippen molar-refractivity contribution in [1.82, 2.24) is 14.9 Å². The Balaban J connectivity index is 1.77. The van der Waals surface area contributed by atoms with Crippen LogP contribution in [-0.2, 0) is 0 Å². The van der Waals surface area contributed by atoms with Gasteiger partial charge in [-0.2, -0.15) is 0 Å². The third kappa shape index (κ3) is 5.91. The van der Waals surface area contributed by atoms with E-state index in [1.165, 1.54) is 0 Å². The highest BCUT2D eigenvalue weighted by Crippen LogP contribution is 2.24. The lowest BCUT2D eigenvalue weighted by Gasteiger charge is -2.11. The molecule has 2 rings (SSSR count). The zero-order chi connectivity index (χ0) is 15.6. The molecule has 0 aliphatic rings. The number of hydrogen-bond acceptors (Lipinski definition) is 6. The Kier molecular flexibility index (Phi) is 6.99. The van der Waals surface area contributed by atoms with Gasteiger partial charge in [0.15, 0.2) is 5.03 Å². The molecule has 0 amide bonds. The van der Waals surface area contributed by atoms with Crippen LogP contribution in [0.15, 0.2) is 47.8 Å². The van der Waals surface area contributed by atoms with Crippen molar-refractivity contribution in [3.05, 3.63) is 42.7 Å². The van der Waals surface area contributed by atoms with Gasteiger partial charge in [-0.05, 0) is 26.2 Å². The van der Waals surface area contributed by atoms with Crippen molar-refractivity contribution in [2.45, 2.75) is 5.03 Å². The van der Waals surface area contributed by atoms with Gasteiger partial charge >= 0.3 is 0 Å². The van der Waals surface area contributed by atoms with E-state index in [2.05, 4.69) is 29.0 Å². The van der Waals surface area contributed by atoms with Crippen LogP contribution in [0.5, 0.6) is 11.6 Å². The van der Waals surface area contributed by atoms with E-state index < -0.39 is 0 Å². The highest BCUT2D eigenvalue weighted by Gasteiger charge is 2.07. The quantitative estimate of drug-likeness (QED) is 0.523. The fraction of sp³-hybridized carbons (Fsp3) is 0.375. The molecule has 0 aliphatic carbocycles. The van der Waals surface area contributed by atoms with Crippen molar-refractivity contribution in [3.8, 4) is 11.6 Å². The minimum Gasteiger partial charge on any atom is -0.490 e. The van der Waals surface area contributed by atoms with Crippen LogP contribution in [0, 0.1) is 0 Å². The van der Waals surface area contributed by atoms with Crippen molar-refractivity contribution < 1.29 is 9.47 Å². The highest BCUT2D eigenvalue weighted by molar-refractivity contribution is 7.99. The molecule has 0 N–H and O–H groups in total. The molecule has 22 heavy (non-hydrogen) atoms. The minimum atomic E-state index is 0.439. The van der Waals surface area contributed by atoms with E-state index in [0.29, 0.717) is 19.1 Å². The molecule has 2 aromatic rings. The molecule has 0 radical (unpaired) electrons. The first-order chi connectivity index (χ1) is 10.8. The number of benzene rings is 1. The SMILES string of the molecule is CN(C)CCSc1nccnc1OCCOc1ccccc1. The van der Waals surface area contributed by atoms with E-state index in [1.807, 2.05) is 30.3 Å². The molecule has 6 heteroatoms. The van der Waals surface area contributed by atoms with Crippen LogP contribution in [0.1, 0.15) is 0 Å². The summed E-state index contributed by atoms with van der Waals surface area (Å²) in [5, 5.41) is 0.823. The maximum absolute atomic E-state index is 5.68. The average molecular weight is 319 g/mol. The predicted molar refractivity (Wildman–Crippen MR) is 88.7 cm³/mol. The summed E-state index contributed by atoms with van der Waals surface area (Å²) in [6.07, 6.45) is 3.33. The van der Waals surface area contributed by atoms with Crippen molar-refractivity contribution in [2.24, 2.45) is 0 Å². The van der Waals surface area contributed by atoms with Gasteiger partial charge in [-0.15, -0.1) is 0 Å². The molecule has 0 unspecified atom stereocenters. The summed E-state index contributed by atoms with van der Waals surface area (Å²) in [4.78, 5) is 10.7. The van der Waals surface area contributed by atoms with Crippen LogP contribution < -0.4 is 9.47 Å². The Labute approximate surface area is 135 Å². The Bertz CT molecular complexity index is 552. The standard InChI is InChI=1S/C16H21N3O2S/c1-19(2)10-13-22-16-15(17-8-9-18-16)21-12-11-20-14-6-4-3-5-7-14/h3-9H,10-13H2,1-2H3. The van der Waals surface area contributed by atoms with E-state index in [4.69, 9.17) is 9.47 Å². The van der Waals surface area contributed by atoms with Gasteiger partial charge < -0.3 is 14.4 Å². The topological polar surface area (TPSA) is 47.5 Å². The van der Waals surface area contributed by atoms with Crippen molar-refractivity contribution in [2.75, 3.05) is 39.6 Å². The van der Waals surface area contributed by atoms with Crippen molar-refractivity contribution in [3.63, 3.8) is 0 Å². The van der Waals surface area contributed by atoms with Crippen molar-refractivity contribution >= 4 is 11.8 Å². The second-order valence-electron chi connectivity index (χ2n) is 4.83. The molecule has 0 saturated carbocycles. The van der Waals surface area contributed by atoms with E-state index in [1.54, 1.807) is 24.2 Å². The largest absolute Gasteiger partial charge is 0.490 e. The molecule has 1 heterocycles. The summed E-state index contributed by atoms with van der Waals surface area (Å²) < 4.78 is 11.3. The zero-order valence-corrected chi connectivity index (χ0v) is 13.8.